The zero-order chi connectivity index (χ0) is 26.7. The number of hydrogen-bond donors (Lipinski definition) is 1. The van der Waals surface area contributed by atoms with Gasteiger partial charge in [-0.15, -0.1) is 0 Å². The Bertz CT molecular complexity index is 1240. The molecule has 37 heavy (non-hydrogen) atoms. The average Bonchev–Trinajstić information content (AvgIpc) is 2.89. The number of para-hydroxylation sites is 1. The van der Waals surface area contributed by atoms with E-state index in [0.29, 0.717) is 25.1 Å². The van der Waals surface area contributed by atoms with E-state index in [1.807, 2.05) is 73.7 Å². The van der Waals surface area contributed by atoms with Crippen LogP contribution in [0.5, 0.6) is 0 Å². The van der Waals surface area contributed by atoms with Crippen molar-refractivity contribution in [3.63, 3.8) is 0 Å². The minimum absolute atomic E-state index is 0.108. The van der Waals surface area contributed by atoms with E-state index in [1.165, 1.54) is 4.31 Å². The van der Waals surface area contributed by atoms with Crippen molar-refractivity contribution in [2.24, 2.45) is 0 Å². The quantitative estimate of drug-likeness (QED) is 0.368. The maximum Gasteiger partial charge on any atom is 0.243 e. The van der Waals surface area contributed by atoms with Crippen molar-refractivity contribution in [1.82, 2.24) is 10.2 Å². The van der Waals surface area contributed by atoms with Gasteiger partial charge in [-0.2, -0.15) is 0 Å². The molecule has 7 nitrogen and oxygen atoms in total. The first-order chi connectivity index (χ1) is 17.8. The van der Waals surface area contributed by atoms with Crippen LogP contribution in [0.3, 0.4) is 0 Å². The van der Waals surface area contributed by atoms with Gasteiger partial charge >= 0.3 is 0 Å². The van der Waals surface area contributed by atoms with Crippen molar-refractivity contribution in [1.29, 1.82) is 0 Å². The number of amides is 2. The van der Waals surface area contributed by atoms with Crippen LogP contribution in [-0.2, 0) is 32.6 Å². The number of benzene rings is 3. The summed E-state index contributed by atoms with van der Waals surface area (Å²) < 4.78 is 26.2. The van der Waals surface area contributed by atoms with Gasteiger partial charge in [0.25, 0.3) is 0 Å². The molecule has 0 unspecified atom stereocenters. The van der Waals surface area contributed by atoms with Gasteiger partial charge in [-0.1, -0.05) is 78.9 Å². The van der Waals surface area contributed by atoms with Crippen molar-refractivity contribution < 1.29 is 18.0 Å². The summed E-state index contributed by atoms with van der Waals surface area (Å²) in [6.07, 6.45) is 1.97. The number of nitrogens with zero attached hydrogens (tertiary/aromatic N) is 2. The first-order valence-electron chi connectivity index (χ1n) is 12.5. The van der Waals surface area contributed by atoms with E-state index >= 15 is 0 Å². The fourth-order valence-corrected chi connectivity index (χ4v) is 5.19. The van der Waals surface area contributed by atoms with Crippen LogP contribution in [0.15, 0.2) is 91.0 Å². The van der Waals surface area contributed by atoms with Crippen molar-refractivity contribution in [3.8, 4) is 0 Å². The third kappa shape index (κ3) is 8.46. The number of anilines is 1. The molecule has 0 aliphatic carbocycles. The molecular weight excluding hydrogens is 486 g/mol. The van der Waals surface area contributed by atoms with Crippen LogP contribution in [0.1, 0.15) is 30.9 Å². The molecule has 1 atom stereocenters. The van der Waals surface area contributed by atoms with Crippen LogP contribution in [0, 0.1) is 0 Å². The number of carbonyl (C=O) groups excluding carboxylic acids is 2. The molecule has 1 N–H and O–H groups in total. The van der Waals surface area contributed by atoms with E-state index in [0.717, 1.165) is 17.4 Å². The first kappa shape index (κ1) is 27.9. The number of nitrogens with one attached hydrogen (secondary N) is 1. The summed E-state index contributed by atoms with van der Waals surface area (Å²) in [7, 11) is -3.52. The van der Waals surface area contributed by atoms with E-state index in [9.17, 15) is 18.0 Å². The molecule has 0 radical (unpaired) electrons. The molecule has 3 aromatic rings. The molecule has 8 heteroatoms. The van der Waals surface area contributed by atoms with Crippen LogP contribution in [0.4, 0.5) is 5.69 Å². The lowest BCUT2D eigenvalue weighted by atomic mass is 10.0. The Balaban J connectivity index is 1.83. The van der Waals surface area contributed by atoms with Gasteiger partial charge in [-0.3, -0.25) is 13.9 Å². The Morgan fingerprint density at radius 2 is 1.38 bits per heavy atom. The molecule has 0 saturated carbocycles. The van der Waals surface area contributed by atoms with Crippen LogP contribution >= 0.6 is 0 Å². The zero-order valence-corrected chi connectivity index (χ0v) is 22.2. The minimum atomic E-state index is -3.52. The highest BCUT2D eigenvalue weighted by Gasteiger charge is 2.30. The highest BCUT2D eigenvalue weighted by molar-refractivity contribution is 7.92. The van der Waals surface area contributed by atoms with Gasteiger partial charge in [0.1, 0.15) is 6.04 Å². The Morgan fingerprint density at radius 1 is 0.838 bits per heavy atom. The maximum absolute atomic E-state index is 13.6. The van der Waals surface area contributed by atoms with Crippen LogP contribution in [0.25, 0.3) is 0 Å². The summed E-state index contributed by atoms with van der Waals surface area (Å²) in [5, 5.41) is 2.88. The maximum atomic E-state index is 13.6. The molecule has 3 aromatic carbocycles. The average molecular weight is 522 g/mol. The van der Waals surface area contributed by atoms with Crippen molar-refractivity contribution in [3.05, 3.63) is 102 Å². The molecule has 2 amide bonds. The number of likely N-dealkylation sites (N-methyl/N-ethyl adjacent to an activating group) is 1. The summed E-state index contributed by atoms with van der Waals surface area (Å²) in [6, 6.07) is 27.3. The number of hydrogen-bond acceptors (Lipinski definition) is 4. The SMILES string of the molecule is CCNC(=O)[C@H](Cc1ccccc1)N(Cc1ccccc1)C(=O)CCCN(c1ccccc1)S(C)(=O)=O. The lowest BCUT2D eigenvalue weighted by Crippen LogP contribution is -2.50. The van der Waals surface area contributed by atoms with Crippen LogP contribution in [0.2, 0.25) is 0 Å². The monoisotopic (exact) mass is 521 g/mol. The molecule has 0 bridgehead atoms. The Morgan fingerprint density at radius 3 is 1.92 bits per heavy atom. The summed E-state index contributed by atoms with van der Waals surface area (Å²) in [4.78, 5) is 28.4. The molecule has 0 aromatic heterocycles. The van der Waals surface area contributed by atoms with Gasteiger partial charge in [0.2, 0.25) is 21.8 Å². The summed E-state index contributed by atoms with van der Waals surface area (Å²) in [5.41, 5.74) is 2.43. The first-order valence-corrected chi connectivity index (χ1v) is 14.3. The second-order valence-electron chi connectivity index (χ2n) is 8.88. The van der Waals surface area contributed by atoms with Crippen molar-refractivity contribution >= 4 is 27.5 Å². The number of rotatable bonds is 13. The Hall–Kier alpha value is -3.65. The second kappa shape index (κ2) is 13.6. The largest absolute Gasteiger partial charge is 0.355 e. The molecule has 0 spiro atoms. The van der Waals surface area contributed by atoms with Gasteiger partial charge in [0, 0.05) is 32.5 Å². The number of carbonyl (C=O) groups is 2. The summed E-state index contributed by atoms with van der Waals surface area (Å²) >= 11 is 0. The Labute approximate surface area is 220 Å². The van der Waals surface area contributed by atoms with E-state index in [-0.39, 0.29) is 31.3 Å². The van der Waals surface area contributed by atoms with Gasteiger partial charge < -0.3 is 10.2 Å². The lowest BCUT2D eigenvalue weighted by Gasteiger charge is -2.32. The van der Waals surface area contributed by atoms with E-state index < -0.39 is 16.1 Å². The molecule has 196 valence electrons. The zero-order valence-electron chi connectivity index (χ0n) is 21.4. The van der Waals surface area contributed by atoms with E-state index in [1.54, 1.807) is 29.2 Å². The third-order valence-electron chi connectivity index (χ3n) is 6.01. The van der Waals surface area contributed by atoms with Crippen molar-refractivity contribution in [2.45, 2.75) is 38.8 Å². The summed E-state index contributed by atoms with van der Waals surface area (Å²) in [6.45, 7) is 2.75. The highest BCUT2D eigenvalue weighted by Crippen LogP contribution is 2.20. The fourth-order valence-electron chi connectivity index (χ4n) is 4.22. The second-order valence-corrected chi connectivity index (χ2v) is 10.8. The smallest absolute Gasteiger partial charge is 0.243 e. The topological polar surface area (TPSA) is 86.8 Å². The van der Waals surface area contributed by atoms with Crippen LogP contribution < -0.4 is 9.62 Å². The molecule has 0 saturated heterocycles. The molecule has 3 rings (SSSR count). The van der Waals surface area contributed by atoms with E-state index in [4.69, 9.17) is 0 Å². The molecule has 0 fully saturated rings. The third-order valence-corrected chi connectivity index (χ3v) is 7.21. The van der Waals surface area contributed by atoms with Gasteiger partial charge in [-0.05, 0) is 36.6 Å². The molecular formula is C29H35N3O4S. The Kier molecular flexibility index (Phi) is 10.3. The van der Waals surface area contributed by atoms with E-state index in [2.05, 4.69) is 5.32 Å². The van der Waals surface area contributed by atoms with Crippen LogP contribution in [-0.4, -0.2) is 50.5 Å². The normalized spacial score (nSPS) is 11.9. The lowest BCUT2D eigenvalue weighted by molar-refractivity contribution is -0.141. The predicted octanol–water partition coefficient (Wildman–Crippen LogP) is 4.01. The van der Waals surface area contributed by atoms with Crippen molar-refractivity contribution in [2.75, 3.05) is 23.7 Å². The van der Waals surface area contributed by atoms with Gasteiger partial charge in [0.05, 0.1) is 11.9 Å². The van der Waals surface area contributed by atoms with Gasteiger partial charge in [-0.25, -0.2) is 8.42 Å². The van der Waals surface area contributed by atoms with Gasteiger partial charge in [0.15, 0.2) is 0 Å². The molecule has 0 aliphatic heterocycles. The number of sulfonamides is 1. The molecule has 0 aliphatic rings. The highest BCUT2D eigenvalue weighted by atomic mass is 32.2. The molecule has 0 heterocycles. The fraction of sp³-hybridized carbons (Fsp3) is 0.310. The minimum Gasteiger partial charge on any atom is -0.355 e. The standard InChI is InChI=1S/C29H35N3O4S/c1-3-30-29(34)27(22-24-14-7-4-8-15-24)31(23-25-16-9-5-10-17-25)28(33)20-13-21-32(37(2,35)36)26-18-11-6-12-19-26/h4-12,14-19,27H,3,13,20-23H2,1-2H3,(H,30,34)/t27-/m0/s1. The summed E-state index contributed by atoms with van der Waals surface area (Å²) in [5.74, 6) is -0.407. The predicted molar refractivity (Wildman–Crippen MR) is 147 cm³/mol.